The molecule has 1 unspecified atom stereocenters. The van der Waals surface area contributed by atoms with Gasteiger partial charge in [-0.05, 0) is 18.6 Å². The van der Waals surface area contributed by atoms with E-state index in [2.05, 4.69) is 0 Å². The topological polar surface area (TPSA) is 35.5 Å². The van der Waals surface area contributed by atoms with E-state index in [9.17, 15) is 9.18 Å². The van der Waals surface area contributed by atoms with Gasteiger partial charge in [-0.3, -0.25) is 4.79 Å². The van der Waals surface area contributed by atoms with Crippen LogP contribution in [0, 0.1) is 11.7 Å². The van der Waals surface area contributed by atoms with Gasteiger partial charge in [0, 0.05) is 12.5 Å². The van der Waals surface area contributed by atoms with Crippen molar-refractivity contribution in [2.24, 2.45) is 5.92 Å². The minimum absolute atomic E-state index is 0.0457. The van der Waals surface area contributed by atoms with Crippen molar-refractivity contribution in [2.45, 2.75) is 6.42 Å². The number of rotatable bonds is 4. The highest BCUT2D eigenvalue weighted by molar-refractivity contribution is 5.79. The lowest BCUT2D eigenvalue weighted by Gasteiger charge is -2.12. The maximum absolute atomic E-state index is 13.4. The van der Waals surface area contributed by atoms with Gasteiger partial charge in [0.25, 0.3) is 0 Å². The number of hydrogen-bond acceptors (Lipinski definition) is 3. The summed E-state index contributed by atoms with van der Waals surface area (Å²) in [5, 5.41) is 0. The Kier molecular flexibility index (Phi) is 3.51. The summed E-state index contributed by atoms with van der Waals surface area (Å²) in [4.78, 5) is 10.7. The molecular weight excluding hydrogens is 211 g/mol. The largest absolute Gasteiger partial charge is 0.489 e. The summed E-state index contributed by atoms with van der Waals surface area (Å²) in [6.07, 6.45) is 1.52. The van der Waals surface area contributed by atoms with Crippen LogP contribution < -0.4 is 4.74 Å². The fraction of sp³-hybridized carbons (Fsp3) is 0.417. The third-order valence-electron chi connectivity index (χ3n) is 2.61. The number of carbonyl (C=O) groups is 1. The molecule has 1 fully saturated rings. The number of ether oxygens (including phenoxy) is 2. The second-order valence-corrected chi connectivity index (χ2v) is 3.82. The average molecular weight is 224 g/mol. The predicted molar refractivity (Wildman–Crippen MR) is 56.2 cm³/mol. The molecule has 0 aliphatic carbocycles. The molecule has 1 saturated heterocycles. The maximum atomic E-state index is 13.4. The number of benzene rings is 1. The zero-order chi connectivity index (χ0) is 11.4. The van der Waals surface area contributed by atoms with Gasteiger partial charge in [-0.2, -0.15) is 0 Å². The van der Waals surface area contributed by atoms with E-state index in [4.69, 9.17) is 9.47 Å². The fourth-order valence-electron chi connectivity index (χ4n) is 1.69. The molecule has 1 heterocycles. The molecule has 3 nitrogen and oxygen atoms in total. The van der Waals surface area contributed by atoms with Crippen LogP contribution in [0.4, 0.5) is 4.39 Å². The van der Waals surface area contributed by atoms with Crippen LogP contribution in [0.25, 0.3) is 0 Å². The van der Waals surface area contributed by atoms with Gasteiger partial charge in [-0.1, -0.05) is 6.07 Å². The Morgan fingerprint density at radius 3 is 3.12 bits per heavy atom. The van der Waals surface area contributed by atoms with Crippen molar-refractivity contribution in [2.75, 3.05) is 19.8 Å². The molecule has 1 atom stereocenters. The summed E-state index contributed by atoms with van der Waals surface area (Å²) in [6.45, 7) is 1.76. The lowest BCUT2D eigenvalue weighted by Crippen LogP contribution is -2.13. The SMILES string of the molecule is O=Cc1cccc(F)c1OCC1CCOC1. The van der Waals surface area contributed by atoms with E-state index in [0.29, 0.717) is 25.4 Å². The summed E-state index contributed by atoms with van der Waals surface area (Å²) in [6, 6.07) is 4.31. The first-order valence-electron chi connectivity index (χ1n) is 5.25. The first kappa shape index (κ1) is 11.1. The molecular formula is C12H13FO3. The summed E-state index contributed by atoms with van der Waals surface area (Å²) in [5.41, 5.74) is 0.249. The van der Waals surface area contributed by atoms with E-state index >= 15 is 0 Å². The van der Waals surface area contributed by atoms with Crippen LogP contribution in [0.2, 0.25) is 0 Å². The van der Waals surface area contributed by atoms with Crippen LogP contribution >= 0.6 is 0 Å². The molecule has 0 amide bonds. The number of carbonyl (C=O) groups excluding carboxylic acids is 1. The third-order valence-corrected chi connectivity index (χ3v) is 2.61. The maximum Gasteiger partial charge on any atom is 0.165 e. The number of hydrogen-bond donors (Lipinski definition) is 0. The molecule has 2 rings (SSSR count). The second kappa shape index (κ2) is 5.07. The van der Waals surface area contributed by atoms with E-state index in [-0.39, 0.29) is 11.3 Å². The summed E-state index contributed by atoms with van der Waals surface area (Å²) >= 11 is 0. The molecule has 0 spiro atoms. The van der Waals surface area contributed by atoms with Crippen molar-refractivity contribution in [3.05, 3.63) is 29.6 Å². The summed E-state index contributed by atoms with van der Waals surface area (Å²) in [5.74, 6) is -0.160. The van der Waals surface area contributed by atoms with E-state index < -0.39 is 5.82 Å². The summed E-state index contributed by atoms with van der Waals surface area (Å²) < 4.78 is 23.9. The Balaban J connectivity index is 2.04. The summed E-state index contributed by atoms with van der Waals surface area (Å²) in [7, 11) is 0. The molecule has 1 aromatic rings. The first-order valence-corrected chi connectivity index (χ1v) is 5.25. The molecule has 0 radical (unpaired) electrons. The monoisotopic (exact) mass is 224 g/mol. The Labute approximate surface area is 93.2 Å². The minimum Gasteiger partial charge on any atom is -0.489 e. The van der Waals surface area contributed by atoms with Crippen molar-refractivity contribution in [3.63, 3.8) is 0 Å². The third kappa shape index (κ3) is 2.39. The normalized spacial score (nSPS) is 19.7. The van der Waals surface area contributed by atoms with Crippen LogP contribution in [0.1, 0.15) is 16.8 Å². The quantitative estimate of drug-likeness (QED) is 0.734. The molecule has 16 heavy (non-hydrogen) atoms. The standard InChI is InChI=1S/C12H13FO3/c13-11-3-1-2-10(6-14)12(11)16-8-9-4-5-15-7-9/h1-3,6,9H,4-5,7-8H2. The van der Waals surface area contributed by atoms with Crippen LogP contribution in [0.3, 0.4) is 0 Å². The smallest absolute Gasteiger partial charge is 0.165 e. The zero-order valence-corrected chi connectivity index (χ0v) is 8.82. The van der Waals surface area contributed by atoms with Crippen LogP contribution in [0.15, 0.2) is 18.2 Å². The second-order valence-electron chi connectivity index (χ2n) is 3.82. The highest BCUT2D eigenvalue weighted by Gasteiger charge is 2.18. The number of aldehydes is 1. The van der Waals surface area contributed by atoms with Gasteiger partial charge < -0.3 is 9.47 Å². The van der Waals surface area contributed by atoms with Crippen molar-refractivity contribution in [1.82, 2.24) is 0 Å². The Morgan fingerprint density at radius 1 is 1.56 bits per heavy atom. The Morgan fingerprint density at radius 2 is 2.44 bits per heavy atom. The lowest BCUT2D eigenvalue weighted by atomic mass is 10.1. The Hall–Kier alpha value is -1.42. The molecule has 0 aromatic heterocycles. The van der Waals surface area contributed by atoms with E-state index in [0.717, 1.165) is 13.0 Å². The van der Waals surface area contributed by atoms with Crippen molar-refractivity contribution in [1.29, 1.82) is 0 Å². The molecule has 86 valence electrons. The predicted octanol–water partition coefficient (Wildman–Crippen LogP) is 2.05. The average Bonchev–Trinajstić information content (AvgIpc) is 2.80. The zero-order valence-electron chi connectivity index (χ0n) is 8.82. The van der Waals surface area contributed by atoms with Gasteiger partial charge in [-0.15, -0.1) is 0 Å². The molecule has 0 saturated carbocycles. The van der Waals surface area contributed by atoms with Crippen molar-refractivity contribution in [3.8, 4) is 5.75 Å². The van der Waals surface area contributed by atoms with Crippen LogP contribution in [-0.4, -0.2) is 26.1 Å². The van der Waals surface area contributed by atoms with Crippen molar-refractivity contribution < 1.29 is 18.7 Å². The number of halogens is 1. The highest BCUT2D eigenvalue weighted by Crippen LogP contribution is 2.23. The molecule has 1 aromatic carbocycles. The highest BCUT2D eigenvalue weighted by atomic mass is 19.1. The molecule has 1 aliphatic heterocycles. The van der Waals surface area contributed by atoms with E-state index in [1.165, 1.54) is 18.2 Å². The van der Waals surface area contributed by atoms with Gasteiger partial charge in [0.1, 0.15) is 0 Å². The van der Waals surface area contributed by atoms with Crippen LogP contribution in [0.5, 0.6) is 5.75 Å². The van der Waals surface area contributed by atoms with Gasteiger partial charge >= 0.3 is 0 Å². The van der Waals surface area contributed by atoms with Gasteiger partial charge in [0.15, 0.2) is 17.9 Å². The number of para-hydroxylation sites is 1. The molecule has 4 heteroatoms. The fourth-order valence-corrected chi connectivity index (χ4v) is 1.69. The van der Waals surface area contributed by atoms with Gasteiger partial charge in [0.05, 0.1) is 18.8 Å². The van der Waals surface area contributed by atoms with Gasteiger partial charge in [0.2, 0.25) is 0 Å². The van der Waals surface area contributed by atoms with Crippen LogP contribution in [-0.2, 0) is 4.74 Å². The molecule has 0 N–H and O–H groups in total. The lowest BCUT2D eigenvalue weighted by molar-refractivity contribution is 0.111. The Bertz CT molecular complexity index is 373. The van der Waals surface area contributed by atoms with Gasteiger partial charge in [-0.25, -0.2) is 4.39 Å². The first-order chi connectivity index (χ1) is 7.81. The van der Waals surface area contributed by atoms with E-state index in [1.54, 1.807) is 0 Å². The molecule has 1 aliphatic rings. The minimum atomic E-state index is -0.497. The molecule has 0 bridgehead atoms. The van der Waals surface area contributed by atoms with E-state index in [1.807, 2.05) is 0 Å². The van der Waals surface area contributed by atoms with Crippen molar-refractivity contribution >= 4 is 6.29 Å².